The summed E-state index contributed by atoms with van der Waals surface area (Å²) in [7, 11) is -4.28. The fourth-order valence-corrected chi connectivity index (χ4v) is 9.11. The van der Waals surface area contributed by atoms with Crippen LogP contribution in [0.2, 0.25) is 0 Å². The van der Waals surface area contributed by atoms with Crippen molar-refractivity contribution in [3.8, 4) is 0 Å². The lowest BCUT2D eigenvalue weighted by atomic mass is 10.0. The molecule has 0 spiro atoms. The maximum atomic E-state index is 12.7. The van der Waals surface area contributed by atoms with Crippen molar-refractivity contribution in [1.82, 2.24) is 0 Å². The van der Waals surface area contributed by atoms with Crippen molar-refractivity contribution in [1.29, 1.82) is 0 Å². The van der Waals surface area contributed by atoms with E-state index >= 15 is 0 Å². The molecular formula is C54H108NO7P. The van der Waals surface area contributed by atoms with Crippen LogP contribution in [0.5, 0.6) is 0 Å². The van der Waals surface area contributed by atoms with E-state index < -0.39 is 13.9 Å². The molecular weight excluding hydrogens is 806 g/mol. The number of nitrogens with two attached hydrogens (primary N) is 1. The van der Waals surface area contributed by atoms with E-state index in [1.807, 2.05) is 0 Å². The maximum absolute atomic E-state index is 12.7. The molecule has 63 heavy (non-hydrogen) atoms. The number of hydrogen-bond acceptors (Lipinski definition) is 7. The Balaban J connectivity index is 3.83. The first-order chi connectivity index (χ1) is 30.9. The number of carbonyl (C=O) groups excluding carboxylic acids is 1. The van der Waals surface area contributed by atoms with Crippen molar-refractivity contribution < 1.29 is 32.8 Å². The summed E-state index contributed by atoms with van der Waals surface area (Å²) in [5.74, 6) is -0.322. The largest absolute Gasteiger partial charge is 0.472 e. The summed E-state index contributed by atoms with van der Waals surface area (Å²) < 4.78 is 33.7. The third-order valence-corrected chi connectivity index (χ3v) is 13.4. The standard InChI is InChI=1S/C54H108NO7P/c1-3-5-7-9-11-13-15-17-19-21-23-24-25-26-27-28-29-30-32-34-36-38-40-42-44-46-49-59-51-53(52-61-63(57,58)60-50-48-55)62-54(56)47-45-43-41-39-37-35-33-31-22-20-18-16-14-12-10-8-6-4-2/h21,23,53H,3-20,22,24-52,55H2,1-2H3,(H,57,58)/b23-21-. The van der Waals surface area contributed by atoms with Gasteiger partial charge in [-0.15, -0.1) is 0 Å². The number of ether oxygens (including phenoxy) is 2. The predicted molar refractivity (Wildman–Crippen MR) is 271 cm³/mol. The molecule has 0 heterocycles. The van der Waals surface area contributed by atoms with E-state index in [2.05, 4.69) is 26.0 Å². The van der Waals surface area contributed by atoms with Gasteiger partial charge in [-0.05, 0) is 38.5 Å². The molecule has 0 rings (SSSR count). The minimum absolute atomic E-state index is 0.0911. The van der Waals surface area contributed by atoms with E-state index in [0.29, 0.717) is 13.0 Å². The molecule has 0 fully saturated rings. The van der Waals surface area contributed by atoms with Gasteiger partial charge in [0.25, 0.3) is 0 Å². The van der Waals surface area contributed by atoms with Gasteiger partial charge in [0.05, 0.1) is 19.8 Å². The van der Waals surface area contributed by atoms with Gasteiger partial charge in [0.1, 0.15) is 6.10 Å². The molecule has 8 nitrogen and oxygen atoms in total. The lowest BCUT2D eigenvalue weighted by molar-refractivity contribution is -0.154. The van der Waals surface area contributed by atoms with Crippen LogP contribution >= 0.6 is 7.82 Å². The molecule has 0 saturated heterocycles. The molecule has 0 aromatic carbocycles. The van der Waals surface area contributed by atoms with Crippen LogP contribution < -0.4 is 5.73 Å². The summed E-state index contributed by atoms with van der Waals surface area (Å²) in [5, 5.41) is 0. The van der Waals surface area contributed by atoms with Gasteiger partial charge in [-0.3, -0.25) is 13.8 Å². The van der Waals surface area contributed by atoms with E-state index in [1.165, 1.54) is 238 Å². The van der Waals surface area contributed by atoms with E-state index in [-0.39, 0.29) is 32.3 Å². The van der Waals surface area contributed by atoms with Gasteiger partial charge in [-0.25, -0.2) is 4.57 Å². The normalized spacial score (nSPS) is 13.3. The first-order valence-corrected chi connectivity index (χ1v) is 29.2. The summed E-state index contributed by atoms with van der Waals surface area (Å²) in [6.07, 6.45) is 59.7. The van der Waals surface area contributed by atoms with Gasteiger partial charge >= 0.3 is 13.8 Å². The molecule has 0 aromatic heterocycles. The zero-order chi connectivity index (χ0) is 45.8. The van der Waals surface area contributed by atoms with Gasteiger partial charge in [0.2, 0.25) is 0 Å². The number of esters is 1. The number of hydrogen-bond donors (Lipinski definition) is 2. The summed E-state index contributed by atoms with van der Waals surface area (Å²) in [6, 6.07) is 0. The molecule has 0 saturated carbocycles. The van der Waals surface area contributed by atoms with Gasteiger partial charge in [-0.2, -0.15) is 0 Å². The summed E-state index contributed by atoms with van der Waals surface area (Å²) >= 11 is 0. The van der Waals surface area contributed by atoms with Crippen LogP contribution in [-0.4, -0.2) is 49.9 Å². The van der Waals surface area contributed by atoms with Crippen LogP contribution in [0.15, 0.2) is 12.2 Å². The van der Waals surface area contributed by atoms with Crippen molar-refractivity contribution in [3.05, 3.63) is 12.2 Å². The highest BCUT2D eigenvalue weighted by molar-refractivity contribution is 7.47. The molecule has 0 aliphatic rings. The molecule has 2 atom stereocenters. The zero-order valence-corrected chi connectivity index (χ0v) is 43.0. The van der Waals surface area contributed by atoms with Gasteiger partial charge in [0, 0.05) is 19.6 Å². The minimum atomic E-state index is -4.28. The highest BCUT2D eigenvalue weighted by Crippen LogP contribution is 2.43. The van der Waals surface area contributed by atoms with Crippen LogP contribution in [0.3, 0.4) is 0 Å². The van der Waals surface area contributed by atoms with Crippen LogP contribution in [0.1, 0.15) is 290 Å². The van der Waals surface area contributed by atoms with Crippen molar-refractivity contribution in [2.24, 2.45) is 5.73 Å². The van der Waals surface area contributed by atoms with Crippen molar-refractivity contribution >= 4 is 13.8 Å². The van der Waals surface area contributed by atoms with Crippen LogP contribution in [0, 0.1) is 0 Å². The van der Waals surface area contributed by atoms with E-state index in [0.717, 1.165) is 32.1 Å². The molecule has 0 amide bonds. The second-order valence-electron chi connectivity index (χ2n) is 18.8. The van der Waals surface area contributed by atoms with Gasteiger partial charge in [0.15, 0.2) is 0 Å². The lowest BCUT2D eigenvalue weighted by Crippen LogP contribution is -2.28. The third kappa shape index (κ3) is 52.1. The first kappa shape index (κ1) is 62.2. The highest BCUT2D eigenvalue weighted by atomic mass is 31.2. The first-order valence-electron chi connectivity index (χ1n) is 27.7. The van der Waals surface area contributed by atoms with Crippen LogP contribution in [0.4, 0.5) is 0 Å². The van der Waals surface area contributed by atoms with Crippen LogP contribution in [0.25, 0.3) is 0 Å². The Labute approximate surface area is 392 Å². The Morgan fingerprint density at radius 3 is 1.16 bits per heavy atom. The molecule has 0 aliphatic heterocycles. The van der Waals surface area contributed by atoms with E-state index in [4.69, 9.17) is 24.3 Å². The van der Waals surface area contributed by atoms with E-state index in [1.54, 1.807) is 0 Å². The average molecular weight is 914 g/mol. The minimum Gasteiger partial charge on any atom is -0.457 e. The molecule has 0 aliphatic carbocycles. The smallest absolute Gasteiger partial charge is 0.457 e. The Hall–Kier alpha value is -0.760. The highest BCUT2D eigenvalue weighted by Gasteiger charge is 2.25. The number of phosphoric acid groups is 1. The monoisotopic (exact) mass is 914 g/mol. The lowest BCUT2D eigenvalue weighted by Gasteiger charge is -2.20. The number of allylic oxidation sites excluding steroid dienone is 2. The molecule has 0 bridgehead atoms. The number of rotatable bonds is 54. The third-order valence-electron chi connectivity index (χ3n) is 12.4. The Bertz CT molecular complexity index is 982. The topological polar surface area (TPSA) is 117 Å². The van der Waals surface area contributed by atoms with Crippen molar-refractivity contribution in [2.45, 2.75) is 296 Å². The van der Waals surface area contributed by atoms with Crippen molar-refractivity contribution in [3.63, 3.8) is 0 Å². The summed E-state index contributed by atoms with van der Waals surface area (Å²) in [4.78, 5) is 22.6. The van der Waals surface area contributed by atoms with Gasteiger partial charge < -0.3 is 20.1 Å². The van der Waals surface area contributed by atoms with Crippen LogP contribution in [-0.2, 0) is 27.9 Å². The Morgan fingerprint density at radius 1 is 0.460 bits per heavy atom. The number of unbranched alkanes of at least 4 members (excludes halogenated alkanes) is 39. The van der Waals surface area contributed by atoms with Crippen molar-refractivity contribution in [2.75, 3.05) is 33.0 Å². The second-order valence-corrected chi connectivity index (χ2v) is 20.3. The fraction of sp³-hybridized carbons (Fsp3) is 0.944. The molecule has 0 aromatic rings. The molecule has 0 radical (unpaired) electrons. The quantitative estimate of drug-likeness (QED) is 0.0268. The van der Waals surface area contributed by atoms with E-state index in [9.17, 15) is 14.3 Å². The summed E-state index contributed by atoms with van der Waals surface area (Å²) in [6.45, 7) is 5.00. The van der Waals surface area contributed by atoms with Gasteiger partial charge in [-0.1, -0.05) is 257 Å². The predicted octanol–water partition coefficient (Wildman–Crippen LogP) is 17.4. The number of phosphoric ester groups is 1. The zero-order valence-electron chi connectivity index (χ0n) is 42.1. The average Bonchev–Trinajstić information content (AvgIpc) is 3.28. The molecule has 3 N–H and O–H groups in total. The Kier molecular flexibility index (Phi) is 51.6. The summed E-state index contributed by atoms with van der Waals surface area (Å²) in [5.41, 5.74) is 5.40. The second kappa shape index (κ2) is 52.2. The Morgan fingerprint density at radius 2 is 0.794 bits per heavy atom. The molecule has 376 valence electrons. The SMILES string of the molecule is CCCCCCCCCC/C=C\CCCCCCCCCCCCCCCCOCC(COP(=O)(O)OCCN)OC(=O)CCCCCCCCCCCCCCCCCCCC. The fourth-order valence-electron chi connectivity index (χ4n) is 8.35. The molecule has 9 heteroatoms. The maximum Gasteiger partial charge on any atom is 0.472 e. The molecule has 2 unspecified atom stereocenters. The number of carbonyl (C=O) groups is 1.